The third-order valence-corrected chi connectivity index (χ3v) is 4.77. The molecule has 0 aliphatic rings. The number of rotatable bonds is 4. The highest BCUT2D eigenvalue weighted by atomic mass is 35.5. The molecule has 2 amide bonds. The van der Waals surface area contributed by atoms with Gasteiger partial charge in [-0.15, -0.1) is 0 Å². The van der Waals surface area contributed by atoms with Crippen molar-refractivity contribution in [2.75, 3.05) is 17.3 Å². The van der Waals surface area contributed by atoms with Crippen LogP contribution < -0.4 is 10.2 Å². The van der Waals surface area contributed by atoms with E-state index in [0.29, 0.717) is 21.8 Å². The topological polar surface area (TPSA) is 49.4 Å². The Morgan fingerprint density at radius 1 is 0.852 bits per heavy atom. The van der Waals surface area contributed by atoms with E-state index in [1.54, 1.807) is 54.4 Å². The van der Waals surface area contributed by atoms with E-state index in [9.17, 15) is 9.59 Å². The maximum Gasteiger partial charge on any atom is 0.258 e. The smallest absolute Gasteiger partial charge is 0.258 e. The first-order valence-electron chi connectivity index (χ1n) is 8.47. The molecule has 4 nitrogen and oxygen atoms in total. The fourth-order valence-electron chi connectivity index (χ4n) is 2.66. The van der Waals surface area contributed by atoms with E-state index in [0.717, 1.165) is 11.3 Å². The van der Waals surface area contributed by atoms with Crippen LogP contribution in [0.5, 0.6) is 0 Å². The van der Waals surface area contributed by atoms with Crippen LogP contribution in [0.1, 0.15) is 26.3 Å². The Bertz CT molecular complexity index is 969. The highest BCUT2D eigenvalue weighted by Gasteiger charge is 2.15. The molecule has 0 aliphatic heterocycles. The summed E-state index contributed by atoms with van der Waals surface area (Å²) < 4.78 is 0. The van der Waals surface area contributed by atoms with Gasteiger partial charge in [-0.25, -0.2) is 0 Å². The van der Waals surface area contributed by atoms with Gasteiger partial charge in [0.1, 0.15) is 0 Å². The van der Waals surface area contributed by atoms with E-state index in [4.69, 9.17) is 11.6 Å². The van der Waals surface area contributed by atoms with Crippen LogP contribution in [-0.2, 0) is 0 Å². The summed E-state index contributed by atoms with van der Waals surface area (Å²) in [5.74, 6) is -0.394. The quantitative estimate of drug-likeness (QED) is 0.680. The lowest BCUT2D eigenvalue weighted by Gasteiger charge is -2.17. The Hall–Kier alpha value is -3.11. The Morgan fingerprint density at radius 3 is 2.15 bits per heavy atom. The molecule has 136 valence electrons. The van der Waals surface area contributed by atoms with Gasteiger partial charge in [-0.2, -0.15) is 0 Å². The maximum atomic E-state index is 12.6. The number of benzene rings is 3. The minimum atomic E-state index is -0.254. The van der Waals surface area contributed by atoms with E-state index >= 15 is 0 Å². The zero-order chi connectivity index (χ0) is 19.4. The number of halogens is 1. The second-order valence-electron chi connectivity index (χ2n) is 6.14. The first-order chi connectivity index (χ1) is 13.0. The average Bonchev–Trinajstić information content (AvgIpc) is 2.71. The molecule has 1 N–H and O–H groups in total. The van der Waals surface area contributed by atoms with E-state index < -0.39 is 0 Å². The van der Waals surface area contributed by atoms with Crippen molar-refractivity contribution in [1.82, 2.24) is 0 Å². The predicted octanol–water partition coefficient (Wildman–Crippen LogP) is 5.18. The molecule has 0 atom stereocenters. The van der Waals surface area contributed by atoms with Crippen LogP contribution in [0.15, 0.2) is 72.8 Å². The molecule has 0 bridgehead atoms. The van der Waals surface area contributed by atoms with Crippen molar-refractivity contribution in [2.24, 2.45) is 0 Å². The standard InChI is InChI=1S/C22H19ClN2O2/c1-15-19(23)9-6-10-20(15)24-21(26)16-11-13-17(14-12-16)22(27)25(2)18-7-4-3-5-8-18/h3-14H,1-2H3,(H,24,26). The van der Waals surface area contributed by atoms with Crippen molar-refractivity contribution in [3.8, 4) is 0 Å². The molecule has 5 heteroatoms. The average molecular weight is 379 g/mol. The lowest BCUT2D eigenvalue weighted by Crippen LogP contribution is -2.26. The molecule has 0 heterocycles. The molecular weight excluding hydrogens is 360 g/mol. The monoisotopic (exact) mass is 378 g/mol. The van der Waals surface area contributed by atoms with Gasteiger partial charge in [0.05, 0.1) is 0 Å². The van der Waals surface area contributed by atoms with Crippen molar-refractivity contribution in [3.63, 3.8) is 0 Å². The van der Waals surface area contributed by atoms with Gasteiger partial charge >= 0.3 is 0 Å². The maximum absolute atomic E-state index is 12.6. The minimum Gasteiger partial charge on any atom is -0.322 e. The van der Waals surface area contributed by atoms with Gasteiger partial charge in [0.15, 0.2) is 0 Å². The van der Waals surface area contributed by atoms with Gasteiger partial charge in [-0.1, -0.05) is 35.9 Å². The summed E-state index contributed by atoms with van der Waals surface area (Å²) in [7, 11) is 1.72. The number of anilines is 2. The Balaban J connectivity index is 1.74. The van der Waals surface area contributed by atoms with Crippen LogP contribution in [0.3, 0.4) is 0 Å². The summed E-state index contributed by atoms with van der Waals surface area (Å²) in [6.07, 6.45) is 0. The number of hydrogen-bond acceptors (Lipinski definition) is 2. The Kier molecular flexibility index (Phi) is 5.57. The normalized spacial score (nSPS) is 10.3. The van der Waals surface area contributed by atoms with Gasteiger partial charge in [-0.3, -0.25) is 9.59 Å². The van der Waals surface area contributed by atoms with Crippen molar-refractivity contribution in [2.45, 2.75) is 6.92 Å². The second-order valence-corrected chi connectivity index (χ2v) is 6.55. The molecule has 27 heavy (non-hydrogen) atoms. The van der Waals surface area contributed by atoms with E-state index in [1.165, 1.54) is 0 Å². The van der Waals surface area contributed by atoms with Gasteiger partial charge in [0, 0.05) is 34.6 Å². The molecule has 0 unspecified atom stereocenters. The number of nitrogens with zero attached hydrogens (tertiary/aromatic N) is 1. The molecule has 0 spiro atoms. The molecule has 3 rings (SSSR count). The Labute approximate surface area is 163 Å². The lowest BCUT2D eigenvalue weighted by molar-refractivity contribution is 0.0989. The summed E-state index contributed by atoms with van der Waals surface area (Å²) in [6.45, 7) is 1.85. The van der Waals surface area contributed by atoms with Crippen molar-refractivity contribution < 1.29 is 9.59 Å². The summed E-state index contributed by atoms with van der Waals surface area (Å²) in [4.78, 5) is 26.6. The predicted molar refractivity (Wildman–Crippen MR) is 110 cm³/mol. The van der Waals surface area contributed by atoms with Gasteiger partial charge in [0.25, 0.3) is 11.8 Å². The molecule has 0 radical (unpaired) electrons. The number of carbonyl (C=O) groups is 2. The zero-order valence-corrected chi connectivity index (χ0v) is 15.8. The van der Waals surface area contributed by atoms with E-state index in [-0.39, 0.29) is 11.8 Å². The van der Waals surface area contributed by atoms with Crippen molar-refractivity contribution >= 4 is 34.8 Å². The number of nitrogens with one attached hydrogen (secondary N) is 1. The van der Waals surface area contributed by atoms with Crippen LogP contribution in [0.25, 0.3) is 0 Å². The van der Waals surface area contributed by atoms with E-state index in [2.05, 4.69) is 5.32 Å². The molecule has 3 aromatic carbocycles. The number of carbonyl (C=O) groups excluding carboxylic acids is 2. The fourth-order valence-corrected chi connectivity index (χ4v) is 2.84. The zero-order valence-electron chi connectivity index (χ0n) is 15.1. The third-order valence-electron chi connectivity index (χ3n) is 4.36. The van der Waals surface area contributed by atoms with Gasteiger partial charge < -0.3 is 10.2 Å². The van der Waals surface area contributed by atoms with Gasteiger partial charge in [0.2, 0.25) is 0 Å². The van der Waals surface area contributed by atoms with E-state index in [1.807, 2.05) is 37.3 Å². The molecule has 0 fully saturated rings. The van der Waals surface area contributed by atoms with Crippen LogP contribution >= 0.6 is 11.6 Å². The van der Waals surface area contributed by atoms with Crippen LogP contribution in [0.4, 0.5) is 11.4 Å². The van der Waals surface area contributed by atoms with Gasteiger partial charge in [-0.05, 0) is 61.0 Å². The van der Waals surface area contributed by atoms with Crippen LogP contribution in [0.2, 0.25) is 5.02 Å². The number of para-hydroxylation sites is 1. The van der Waals surface area contributed by atoms with Crippen molar-refractivity contribution in [1.29, 1.82) is 0 Å². The third kappa shape index (κ3) is 4.18. The molecule has 0 saturated heterocycles. The highest BCUT2D eigenvalue weighted by molar-refractivity contribution is 6.31. The van der Waals surface area contributed by atoms with Crippen LogP contribution in [-0.4, -0.2) is 18.9 Å². The number of hydrogen-bond donors (Lipinski definition) is 1. The summed E-state index contributed by atoms with van der Waals surface area (Å²) in [6, 6.07) is 21.3. The Morgan fingerprint density at radius 2 is 1.48 bits per heavy atom. The number of amides is 2. The molecule has 0 aliphatic carbocycles. The summed E-state index contributed by atoms with van der Waals surface area (Å²) in [5.41, 5.74) is 3.26. The molecule has 0 saturated carbocycles. The first-order valence-corrected chi connectivity index (χ1v) is 8.85. The van der Waals surface area contributed by atoms with Crippen molar-refractivity contribution in [3.05, 3.63) is 94.5 Å². The van der Waals surface area contributed by atoms with Crippen LogP contribution in [0, 0.1) is 6.92 Å². The lowest BCUT2D eigenvalue weighted by atomic mass is 10.1. The largest absolute Gasteiger partial charge is 0.322 e. The first kappa shape index (κ1) is 18.7. The summed E-state index contributed by atoms with van der Waals surface area (Å²) in [5, 5.41) is 3.44. The minimum absolute atomic E-state index is 0.140. The SMILES string of the molecule is Cc1c(Cl)cccc1NC(=O)c1ccc(C(=O)N(C)c2ccccc2)cc1. The second kappa shape index (κ2) is 8.06. The summed E-state index contributed by atoms with van der Waals surface area (Å²) >= 11 is 6.09. The fraction of sp³-hybridized carbons (Fsp3) is 0.0909. The molecular formula is C22H19ClN2O2. The molecule has 3 aromatic rings. The highest BCUT2D eigenvalue weighted by Crippen LogP contribution is 2.23. The molecule has 0 aromatic heterocycles.